The molecule has 1 aliphatic heterocycles. The van der Waals surface area contributed by atoms with Gasteiger partial charge in [0, 0.05) is 25.9 Å². The molecular weight excluding hydrogens is 238 g/mol. The fourth-order valence-corrected chi connectivity index (χ4v) is 2.55. The van der Waals surface area contributed by atoms with Crippen molar-refractivity contribution in [3.63, 3.8) is 0 Å². The van der Waals surface area contributed by atoms with E-state index < -0.39 is 0 Å². The average Bonchev–Trinajstić information content (AvgIpc) is 2.78. The monoisotopic (exact) mass is 253 g/mol. The van der Waals surface area contributed by atoms with Crippen LogP contribution in [0.25, 0.3) is 0 Å². The number of piperidine rings is 1. The van der Waals surface area contributed by atoms with Crippen LogP contribution in [-0.4, -0.2) is 39.3 Å². The number of aryl methyl sites for hydroxylation is 1. The zero-order valence-corrected chi connectivity index (χ0v) is 10.6. The molecule has 1 aliphatic rings. The van der Waals surface area contributed by atoms with Crippen molar-refractivity contribution in [3.8, 4) is 0 Å². The summed E-state index contributed by atoms with van der Waals surface area (Å²) in [5.74, 6) is 0.223. The lowest BCUT2D eigenvalue weighted by atomic mass is 10.1. The molecule has 92 valence electrons. The first kappa shape index (κ1) is 12.2. The fraction of sp³-hybridized carbons (Fsp3) is 0.636. The van der Waals surface area contributed by atoms with Gasteiger partial charge in [-0.15, -0.1) is 5.10 Å². The van der Waals surface area contributed by atoms with Gasteiger partial charge in [-0.2, -0.15) is 0 Å². The van der Waals surface area contributed by atoms with E-state index >= 15 is 0 Å². The molecule has 0 radical (unpaired) electrons. The van der Waals surface area contributed by atoms with Crippen molar-refractivity contribution in [2.75, 3.05) is 13.1 Å². The molecular formula is C11H15N3O2S. The molecule has 6 heteroatoms. The van der Waals surface area contributed by atoms with E-state index in [0.29, 0.717) is 30.8 Å². The summed E-state index contributed by atoms with van der Waals surface area (Å²) in [6.07, 6.45) is 2.68. The molecule has 0 aromatic carbocycles. The van der Waals surface area contributed by atoms with Crippen LogP contribution in [0.15, 0.2) is 0 Å². The van der Waals surface area contributed by atoms with Crippen LogP contribution in [0.5, 0.6) is 0 Å². The van der Waals surface area contributed by atoms with Gasteiger partial charge in [-0.05, 0) is 18.0 Å². The number of hydrogen-bond acceptors (Lipinski definition) is 5. The van der Waals surface area contributed by atoms with E-state index in [9.17, 15) is 9.59 Å². The second kappa shape index (κ2) is 5.35. The molecule has 0 spiro atoms. The van der Waals surface area contributed by atoms with Crippen LogP contribution in [0.4, 0.5) is 0 Å². The summed E-state index contributed by atoms with van der Waals surface area (Å²) in [4.78, 5) is 25.7. The molecule has 1 fully saturated rings. The van der Waals surface area contributed by atoms with Crippen LogP contribution in [0.3, 0.4) is 0 Å². The fourth-order valence-electron chi connectivity index (χ4n) is 1.87. The summed E-state index contributed by atoms with van der Waals surface area (Å²) in [5, 5.41) is 3.99. The Morgan fingerprint density at radius 1 is 1.41 bits per heavy atom. The van der Waals surface area contributed by atoms with Crippen LogP contribution >= 0.6 is 11.5 Å². The molecule has 1 amide bonds. The Balaban J connectivity index is 2.08. The molecule has 0 aliphatic carbocycles. The summed E-state index contributed by atoms with van der Waals surface area (Å²) in [5.41, 5.74) is 0.791. The number of amides is 1. The lowest BCUT2D eigenvalue weighted by Gasteiger charge is -2.25. The van der Waals surface area contributed by atoms with Gasteiger partial charge in [0.25, 0.3) is 5.91 Å². The van der Waals surface area contributed by atoms with Crippen molar-refractivity contribution in [1.29, 1.82) is 0 Å². The van der Waals surface area contributed by atoms with Crippen molar-refractivity contribution in [1.82, 2.24) is 14.5 Å². The Hall–Kier alpha value is -1.30. The molecule has 1 aromatic heterocycles. The number of nitrogens with zero attached hydrogens (tertiary/aromatic N) is 3. The minimum absolute atomic E-state index is 0.0176. The maximum absolute atomic E-state index is 12.2. The summed E-state index contributed by atoms with van der Waals surface area (Å²) >= 11 is 1.15. The van der Waals surface area contributed by atoms with Gasteiger partial charge < -0.3 is 4.90 Å². The topological polar surface area (TPSA) is 63.2 Å². The molecule has 5 nitrogen and oxygen atoms in total. The maximum atomic E-state index is 12.2. The highest BCUT2D eigenvalue weighted by atomic mass is 32.1. The zero-order valence-electron chi connectivity index (χ0n) is 9.81. The van der Waals surface area contributed by atoms with E-state index in [1.165, 1.54) is 0 Å². The third-order valence-electron chi connectivity index (χ3n) is 2.85. The van der Waals surface area contributed by atoms with Gasteiger partial charge in [-0.3, -0.25) is 9.59 Å². The van der Waals surface area contributed by atoms with E-state index in [2.05, 4.69) is 9.59 Å². The Labute approximate surface area is 104 Å². The van der Waals surface area contributed by atoms with Gasteiger partial charge >= 0.3 is 0 Å². The third-order valence-corrected chi connectivity index (χ3v) is 3.60. The lowest BCUT2D eigenvalue weighted by molar-refractivity contribution is -0.120. The first-order valence-corrected chi connectivity index (χ1v) is 6.62. The number of Topliss-reactive ketones (excluding diaryl/α,β-unsaturated/α-hetero) is 1. The second-order valence-electron chi connectivity index (χ2n) is 4.13. The normalized spacial score (nSPS) is 16.3. The van der Waals surface area contributed by atoms with Gasteiger partial charge in [0.05, 0.1) is 5.69 Å². The smallest absolute Gasteiger partial charge is 0.267 e. The molecule has 0 atom stereocenters. The molecule has 2 heterocycles. The van der Waals surface area contributed by atoms with E-state index in [1.807, 2.05) is 6.92 Å². The van der Waals surface area contributed by atoms with Gasteiger partial charge in [0.15, 0.2) is 0 Å². The molecule has 1 saturated heterocycles. The standard InChI is InChI=1S/C11H15N3O2S/c1-2-3-9-10(17-13-12-9)11(16)14-6-4-8(15)5-7-14/h2-7H2,1H3. The van der Waals surface area contributed by atoms with Gasteiger partial charge in [0.2, 0.25) is 0 Å². The molecule has 0 N–H and O–H groups in total. The molecule has 0 unspecified atom stereocenters. The Bertz CT molecular complexity index is 420. The predicted octanol–water partition coefficient (Wildman–Crippen LogP) is 1.30. The second-order valence-corrected chi connectivity index (χ2v) is 4.88. The molecule has 2 rings (SSSR count). The Morgan fingerprint density at radius 2 is 2.12 bits per heavy atom. The largest absolute Gasteiger partial charge is 0.337 e. The van der Waals surface area contributed by atoms with E-state index in [1.54, 1.807) is 4.90 Å². The lowest BCUT2D eigenvalue weighted by Crippen LogP contribution is -2.38. The van der Waals surface area contributed by atoms with Crippen molar-refractivity contribution in [2.45, 2.75) is 32.6 Å². The highest BCUT2D eigenvalue weighted by molar-refractivity contribution is 7.08. The molecule has 17 heavy (non-hydrogen) atoms. The van der Waals surface area contributed by atoms with Crippen LogP contribution in [0, 0.1) is 0 Å². The average molecular weight is 253 g/mol. The number of likely N-dealkylation sites (tertiary alicyclic amines) is 1. The summed E-state index contributed by atoms with van der Waals surface area (Å²) in [6.45, 7) is 3.11. The van der Waals surface area contributed by atoms with E-state index in [0.717, 1.165) is 30.1 Å². The zero-order chi connectivity index (χ0) is 12.3. The van der Waals surface area contributed by atoms with Crippen molar-refractivity contribution < 1.29 is 9.59 Å². The molecule has 0 bridgehead atoms. The number of ketones is 1. The third kappa shape index (κ3) is 2.69. The molecule has 1 aromatic rings. The Kier molecular flexibility index (Phi) is 3.83. The van der Waals surface area contributed by atoms with Gasteiger partial charge in [-0.25, -0.2) is 0 Å². The number of hydrogen-bond donors (Lipinski definition) is 0. The number of rotatable bonds is 3. The van der Waals surface area contributed by atoms with Crippen LogP contribution in [0.1, 0.15) is 41.6 Å². The van der Waals surface area contributed by atoms with Crippen molar-refractivity contribution in [3.05, 3.63) is 10.6 Å². The molecule has 0 saturated carbocycles. The van der Waals surface area contributed by atoms with Crippen LogP contribution in [0.2, 0.25) is 0 Å². The quantitative estimate of drug-likeness (QED) is 0.814. The SMILES string of the molecule is CCCc1nnsc1C(=O)N1CCC(=O)CC1. The number of carbonyl (C=O) groups excluding carboxylic acids is 2. The summed E-state index contributed by atoms with van der Waals surface area (Å²) < 4.78 is 3.85. The minimum atomic E-state index is -0.0176. The summed E-state index contributed by atoms with van der Waals surface area (Å²) in [7, 11) is 0. The Morgan fingerprint density at radius 3 is 2.76 bits per heavy atom. The first-order chi connectivity index (χ1) is 8.22. The highest BCUT2D eigenvalue weighted by Crippen LogP contribution is 2.17. The summed E-state index contributed by atoms with van der Waals surface area (Å²) in [6, 6.07) is 0. The first-order valence-electron chi connectivity index (χ1n) is 5.84. The highest BCUT2D eigenvalue weighted by Gasteiger charge is 2.25. The number of carbonyl (C=O) groups is 2. The van der Waals surface area contributed by atoms with Crippen LogP contribution in [-0.2, 0) is 11.2 Å². The van der Waals surface area contributed by atoms with Crippen LogP contribution < -0.4 is 0 Å². The predicted molar refractivity (Wildman–Crippen MR) is 64.0 cm³/mol. The van der Waals surface area contributed by atoms with E-state index in [-0.39, 0.29) is 11.7 Å². The van der Waals surface area contributed by atoms with Crippen molar-refractivity contribution >= 4 is 23.2 Å². The van der Waals surface area contributed by atoms with Crippen molar-refractivity contribution in [2.24, 2.45) is 0 Å². The van der Waals surface area contributed by atoms with E-state index in [4.69, 9.17) is 0 Å². The van der Waals surface area contributed by atoms with Gasteiger partial charge in [-0.1, -0.05) is 17.8 Å². The van der Waals surface area contributed by atoms with Gasteiger partial charge in [0.1, 0.15) is 10.7 Å². The minimum Gasteiger partial charge on any atom is -0.337 e. The maximum Gasteiger partial charge on any atom is 0.267 e. The number of aromatic nitrogens is 2.